The third kappa shape index (κ3) is 9.13. The van der Waals surface area contributed by atoms with Crippen LogP contribution in [0.3, 0.4) is 0 Å². The van der Waals surface area contributed by atoms with Gasteiger partial charge >= 0.3 is 5.97 Å². The predicted octanol–water partition coefficient (Wildman–Crippen LogP) is 1.22. The molecule has 0 rings (SSSR count). The molecule has 0 saturated carbocycles. The van der Waals surface area contributed by atoms with Crippen LogP contribution in [0.2, 0.25) is 0 Å². The lowest BCUT2D eigenvalue weighted by atomic mass is 10.1. The fourth-order valence-corrected chi connectivity index (χ4v) is 1.61. The topological polar surface area (TPSA) is 95.5 Å². The van der Waals surface area contributed by atoms with Gasteiger partial charge in [-0.2, -0.15) is 0 Å². The average Bonchev–Trinajstić information content (AvgIpc) is 2.33. The van der Waals surface area contributed by atoms with Crippen molar-refractivity contribution in [2.75, 3.05) is 0 Å². The predicted molar refractivity (Wildman–Crippen MR) is 76.1 cm³/mol. The first-order valence-corrected chi connectivity index (χ1v) is 6.79. The molecular weight excluding hydrogens is 260 g/mol. The number of carboxylic acids is 1. The zero-order chi connectivity index (χ0) is 15.5. The van der Waals surface area contributed by atoms with Crippen molar-refractivity contribution < 1.29 is 19.5 Å². The van der Waals surface area contributed by atoms with Crippen LogP contribution in [0.1, 0.15) is 46.0 Å². The lowest BCUT2D eigenvalue weighted by Crippen LogP contribution is -2.40. The number of amides is 2. The van der Waals surface area contributed by atoms with E-state index in [9.17, 15) is 14.4 Å². The van der Waals surface area contributed by atoms with Gasteiger partial charge in [0.25, 0.3) is 0 Å². The van der Waals surface area contributed by atoms with Gasteiger partial charge in [-0.05, 0) is 33.1 Å². The Morgan fingerprint density at radius 2 is 1.70 bits per heavy atom. The Labute approximate surface area is 119 Å². The number of hydrogen-bond acceptors (Lipinski definition) is 3. The number of carbonyl (C=O) groups excluding carboxylic acids is 2. The molecule has 0 heterocycles. The maximum atomic E-state index is 11.6. The minimum Gasteiger partial charge on any atom is -0.480 e. The smallest absolute Gasteiger partial charge is 0.326 e. The van der Waals surface area contributed by atoms with Gasteiger partial charge in [-0.15, -0.1) is 6.58 Å². The molecule has 0 aromatic carbocycles. The van der Waals surface area contributed by atoms with E-state index < -0.39 is 12.0 Å². The lowest BCUT2D eigenvalue weighted by molar-refractivity contribution is -0.142. The van der Waals surface area contributed by atoms with Gasteiger partial charge in [-0.3, -0.25) is 9.59 Å². The first-order chi connectivity index (χ1) is 9.36. The average molecular weight is 284 g/mol. The van der Waals surface area contributed by atoms with Crippen LogP contribution in [0.15, 0.2) is 12.7 Å². The third-order valence-electron chi connectivity index (χ3n) is 2.55. The van der Waals surface area contributed by atoms with E-state index in [0.29, 0.717) is 19.3 Å². The van der Waals surface area contributed by atoms with Gasteiger partial charge in [0, 0.05) is 18.9 Å². The molecule has 0 bridgehead atoms. The summed E-state index contributed by atoms with van der Waals surface area (Å²) in [6.45, 7) is 7.24. The molecule has 6 nitrogen and oxygen atoms in total. The van der Waals surface area contributed by atoms with Crippen molar-refractivity contribution in [2.45, 2.75) is 58.0 Å². The molecule has 20 heavy (non-hydrogen) atoms. The summed E-state index contributed by atoms with van der Waals surface area (Å²) in [5, 5.41) is 14.1. The van der Waals surface area contributed by atoms with Gasteiger partial charge in [0.1, 0.15) is 6.04 Å². The fourth-order valence-electron chi connectivity index (χ4n) is 1.61. The Hall–Kier alpha value is -1.85. The molecule has 0 aromatic heterocycles. The van der Waals surface area contributed by atoms with Gasteiger partial charge in [0.15, 0.2) is 0 Å². The molecule has 0 aliphatic carbocycles. The van der Waals surface area contributed by atoms with E-state index in [0.717, 1.165) is 0 Å². The van der Waals surface area contributed by atoms with Crippen LogP contribution in [0.5, 0.6) is 0 Å². The van der Waals surface area contributed by atoms with Crippen molar-refractivity contribution in [3.63, 3.8) is 0 Å². The highest BCUT2D eigenvalue weighted by atomic mass is 16.4. The number of hydrogen-bond donors (Lipinski definition) is 3. The number of carbonyl (C=O) groups is 3. The molecule has 0 fully saturated rings. The maximum Gasteiger partial charge on any atom is 0.326 e. The Kier molecular flexibility index (Phi) is 9.07. The Bertz CT molecular complexity index is 353. The Balaban J connectivity index is 3.98. The first kappa shape index (κ1) is 18.1. The van der Waals surface area contributed by atoms with Crippen LogP contribution in [0.25, 0.3) is 0 Å². The molecule has 0 aliphatic heterocycles. The zero-order valence-electron chi connectivity index (χ0n) is 12.1. The Morgan fingerprint density at radius 1 is 1.15 bits per heavy atom. The number of aliphatic carboxylic acids is 1. The van der Waals surface area contributed by atoms with E-state index >= 15 is 0 Å². The van der Waals surface area contributed by atoms with Gasteiger partial charge in [0.2, 0.25) is 11.8 Å². The van der Waals surface area contributed by atoms with Crippen molar-refractivity contribution >= 4 is 17.8 Å². The number of allylic oxidation sites excluding steroid dienone is 1. The Morgan fingerprint density at radius 3 is 2.15 bits per heavy atom. The zero-order valence-corrected chi connectivity index (χ0v) is 12.1. The molecule has 0 aromatic rings. The van der Waals surface area contributed by atoms with Gasteiger partial charge in [-0.25, -0.2) is 4.79 Å². The largest absolute Gasteiger partial charge is 0.480 e. The molecule has 1 unspecified atom stereocenters. The summed E-state index contributed by atoms with van der Waals surface area (Å²) in [5.74, 6) is -1.51. The van der Waals surface area contributed by atoms with Crippen LogP contribution in [-0.4, -0.2) is 35.0 Å². The minimum absolute atomic E-state index is 0.0756. The molecule has 0 saturated heterocycles. The normalized spacial score (nSPS) is 11.8. The van der Waals surface area contributed by atoms with Gasteiger partial charge in [0.05, 0.1) is 0 Å². The van der Waals surface area contributed by atoms with Crippen molar-refractivity contribution in [1.29, 1.82) is 0 Å². The third-order valence-corrected chi connectivity index (χ3v) is 2.55. The van der Waals surface area contributed by atoms with Crippen molar-refractivity contribution in [3.05, 3.63) is 12.7 Å². The minimum atomic E-state index is -1.06. The molecule has 0 radical (unpaired) electrons. The van der Waals surface area contributed by atoms with E-state index in [-0.39, 0.29) is 30.7 Å². The number of nitrogens with one attached hydrogen (secondary N) is 2. The molecular formula is C14H24N2O4. The van der Waals surface area contributed by atoms with Crippen LogP contribution in [0.4, 0.5) is 0 Å². The first-order valence-electron chi connectivity index (χ1n) is 6.79. The van der Waals surface area contributed by atoms with E-state index in [2.05, 4.69) is 17.2 Å². The van der Waals surface area contributed by atoms with E-state index in [4.69, 9.17) is 5.11 Å². The van der Waals surface area contributed by atoms with E-state index in [1.165, 1.54) is 0 Å². The second-order valence-electron chi connectivity index (χ2n) is 4.90. The highest BCUT2D eigenvalue weighted by Gasteiger charge is 2.18. The quantitative estimate of drug-likeness (QED) is 0.525. The SMILES string of the molecule is C=CCCC(NC(=O)CCCC(=O)NC(C)C)C(=O)O. The number of rotatable bonds is 10. The van der Waals surface area contributed by atoms with Crippen LogP contribution in [0, 0.1) is 0 Å². The highest BCUT2D eigenvalue weighted by molar-refractivity contribution is 5.84. The molecule has 0 aliphatic rings. The van der Waals surface area contributed by atoms with Crippen LogP contribution in [-0.2, 0) is 14.4 Å². The van der Waals surface area contributed by atoms with Gasteiger partial charge < -0.3 is 15.7 Å². The molecule has 3 N–H and O–H groups in total. The summed E-state index contributed by atoms with van der Waals surface area (Å²) >= 11 is 0. The maximum absolute atomic E-state index is 11.6. The standard InChI is InChI=1S/C14H24N2O4/c1-4-5-7-11(14(19)20)16-13(18)9-6-8-12(17)15-10(2)3/h4,10-11H,1,5-9H2,2-3H3,(H,15,17)(H,16,18)(H,19,20). The highest BCUT2D eigenvalue weighted by Crippen LogP contribution is 2.01. The van der Waals surface area contributed by atoms with E-state index in [1.54, 1.807) is 6.08 Å². The van der Waals surface area contributed by atoms with Gasteiger partial charge in [-0.1, -0.05) is 6.08 Å². The second kappa shape index (κ2) is 10.00. The van der Waals surface area contributed by atoms with Crippen molar-refractivity contribution in [2.24, 2.45) is 0 Å². The summed E-state index contributed by atoms with van der Waals surface area (Å²) in [6, 6.07) is -0.823. The summed E-state index contributed by atoms with van der Waals surface area (Å²) in [7, 11) is 0. The molecule has 114 valence electrons. The summed E-state index contributed by atoms with van der Waals surface area (Å²) in [5.41, 5.74) is 0. The van der Waals surface area contributed by atoms with E-state index in [1.807, 2.05) is 13.8 Å². The molecule has 6 heteroatoms. The summed E-state index contributed by atoms with van der Waals surface area (Å²) in [4.78, 5) is 33.9. The van der Waals surface area contributed by atoms with Crippen molar-refractivity contribution in [1.82, 2.24) is 10.6 Å². The van der Waals surface area contributed by atoms with Crippen LogP contribution < -0.4 is 10.6 Å². The number of carboxylic acid groups (broad SMARTS) is 1. The summed E-state index contributed by atoms with van der Waals surface area (Å²) in [6.07, 6.45) is 3.25. The van der Waals surface area contributed by atoms with Crippen molar-refractivity contribution in [3.8, 4) is 0 Å². The fraction of sp³-hybridized carbons (Fsp3) is 0.643. The lowest BCUT2D eigenvalue weighted by Gasteiger charge is -2.13. The monoisotopic (exact) mass is 284 g/mol. The molecule has 0 spiro atoms. The molecule has 2 amide bonds. The second-order valence-corrected chi connectivity index (χ2v) is 4.90. The summed E-state index contributed by atoms with van der Waals surface area (Å²) < 4.78 is 0. The van der Waals surface area contributed by atoms with Crippen LogP contribution >= 0.6 is 0 Å². The molecule has 1 atom stereocenters.